The van der Waals surface area contributed by atoms with Crippen molar-refractivity contribution in [3.8, 4) is 6.07 Å². The van der Waals surface area contributed by atoms with Crippen molar-refractivity contribution in [1.29, 1.82) is 5.26 Å². The van der Waals surface area contributed by atoms with Gasteiger partial charge in [0, 0.05) is 0 Å². The van der Waals surface area contributed by atoms with Crippen LogP contribution >= 0.6 is 11.6 Å². The number of halogens is 1. The summed E-state index contributed by atoms with van der Waals surface area (Å²) < 4.78 is 0. The second-order valence-electron chi connectivity index (χ2n) is 3.69. The Labute approximate surface area is 105 Å². The van der Waals surface area contributed by atoms with E-state index in [1.165, 1.54) is 6.07 Å². The maximum atomic E-state index is 11.7. The first-order valence-corrected chi connectivity index (χ1v) is 5.72. The molecular formula is C12H14ClN3O. The molecule has 0 saturated heterocycles. The third-order valence-corrected chi connectivity index (χ3v) is 2.62. The van der Waals surface area contributed by atoms with Gasteiger partial charge in [0.05, 0.1) is 28.4 Å². The summed E-state index contributed by atoms with van der Waals surface area (Å²) >= 11 is 5.91. The summed E-state index contributed by atoms with van der Waals surface area (Å²) in [5, 5.41) is 11.8. The lowest BCUT2D eigenvalue weighted by molar-refractivity contribution is -0.117. The van der Waals surface area contributed by atoms with Gasteiger partial charge in [0.15, 0.2) is 0 Å². The quantitative estimate of drug-likeness (QED) is 0.862. The standard InChI is InChI=1S/C12H14ClN3O/c1-2-3-10(15)12(17)16-11-6-8(7-14)4-5-9(11)13/h4-6,10H,2-3,15H2,1H3,(H,16,17)/t10-/m1/s1. The first kappa shape index (κ1) is 13.5. The fraction of sp³-hybridized carbons (Fsp3) is 0.333. The first-order valence-electron chi connectivity index (χ1n) is 5.34. The number of anilines is 1. The van der Waals surface area contributed by atoms with Gasteiger partial charge in [-0.25, -0.2) is 0 Å². The smallest absolute Gasteiger partial charge is 0.241 e. The molecular weight excluding hydrogens is 238 g/mol. The second-order valence-corrected chi connectivity index (χ2v) is 4.10. The molecule has 1 amide bonds. The minimum Gasteiger partial charge on any atom is -0.323 e. The van der Waals surface area contributed by atoms with Gasteiger partial charge in [-0.05, 0) is 24.6 Å². The number of nitrogens with one attached hydrogen (secondary N) is 1. The van der Waals surface area contributed by atoms with Crippen molar-refractivity contribution in [3.05, 3.63) is 28.8 Å². The number of nitrogens with two attached hydrogens (primary N) is 1. The van der Waals surface area contributed by atoms with E-state index in [-0.39, 0.29) is 5.91 Å². The summed E-state index contributed by atoms with van der Waals surface area (Å²) in [6.07, 6.45) is 1.45. The van der Waals surface area contributed by atoms with E-state index in [4.69, 9.17) is 22.6 Å². The number of nitrogens with zero attached hydrogens (tertiary/aromatic N) is 1. The van der Waals surface area contributed by atoms with Crippen LogP contribution in [0.2, 0.25) is 5.02 Å². The van der Waals surface area contributed by atoms with E-state index in [0.29, 0.717) is 22.7 Å². The zero-order valence-electron chi connectivity index (χ0n) is 9.53. The number of carbonyl (C=O) groups excluding carboxylic acids is 1. The van der Waals surface area contributed by atoms with Gasteiger partial charge in [0.2, 0.25) is 5.91 Å². The van der Waals surface area contributed by atoms with Gasteiger partial charge < -0.3 is 11.1 Å². The van der Waals surface area contributed by atoms with E-state index in [0.717, 1.165) is 6.42 Å². The van der Waals surface area contributed by atoms with Crippen LogP contribution in [0, 0.1) is 11.3 Å². The van der Waals surface area contributed by atoms with Crippen LogP contribution in [0.15, 0.2) is 18.2 Å². The zero-order valence-corrected chi connectivity index (χ0v) is 10.3. The highest BCUT2D eigenvalue weighted by Crippen LogP contribution is 2.22. The fourth-order valence-electron chi connectivity index (χ4n) is 1.36. The topological polar surface area (TPSA) is 78.9 Å². The summed E-state index contributed by atoms with van der Waals surface area (Å²) in [6.45, 7) is 1.95. The summed E-state index contributed by atoms with van der Waals surface area (Å²) in [6, 6.07) is 6.11. The molecule has 4 nitrogen and oxygen atoms in total. The molecule has 0 aliphatic heterocycles. The van der Waals surface area contributed by atoms with Crippen LogP contribution in [0.1, 0.15) is 25.3 Å². The van der Waals surface area contributed by atoms with Crippen molar-refractivity contribution in [2.45, 2.75) is 25.8 Å². The fourth-order valence-corrected chi connectivity index (χ4v) is 1.52. The third kappa shape index (κ3) is 3.74. The highest BCUT2D eigenvalue weighted by atomic mass is 35.5. The number of hydrogen-bond donors (Lipinski definition) is 2. The molecule has 1 aromatic rings. The maximum absolute atomic E-state index is 11.7. The van der Waals surface area contributed by atoms with Gasteiger partial charge >= 0.3 is 0 Å². The summed E-state index contributed by atoms with van der Waals surface area (Å²) in [4.78, 5) is 11.7. The van der Waals surface area contributed by atoms with Crippen LogP contribution in [0.4, 0.5) is 5.69 Å². The Morgan fingerprint density at radius 3 is 2.94 bits per heavy atom. The van der Waals surface area contributed by atoms with Gasteiger partial charge in [0.1, 0.15) is 0 Å². The lowest BCUT2D eigenvalue weighted by Gasteiger charge is -2.12. The molecule has 0 aromatic heterocycles. The molecule has 0 spiro atoms. The number of hydrogen-bond acceptors (Lipinski definition) is 3. The number of carbonyl (C=O) groups is 1. The SMILES string of the molecule is CCC[C@@H](N)C(=O)Nc1cc(C#N)ccc1Cl. The minimum absolute atomic E-state index is 0.288. The number of amides is 1. The van der Waals surface area contributed by atoms with Gasteiger partial charge in [-0.1, -0.05) is 24.9 Å². The molecule has 90 valence electrons. The Morgan fingerprint density at radius 1 is 1.65 bits per heavy atom. The van der Waals surface area contributed by atoms with E-state index < -0.39 is 6.04 Å². The summed E-state index contributed by atoms with van der Waals surface area (Å²) in [5.74, 6) is -0.288. The molecule has 0 radical (unpaired) electrons. The third-order valence-electron chi connectivity index (χ3n) is 2.29. The molecule has 1 atom stereocenters. The van der Waals surface area contributed by atoms with Crippen molar-refractivity contribution >= 4 is 23.2 Å². The molecule has 1 aromatic carbocycles. The van der Waals surface area contributed by atoms with E-state index in [1.807, 2.05) is 13.0 Å². The summed E-state index contributed by atoms with van der Waals surface area (Å²) in [5.41, 5.74) is 6.53. The zero-order chi connectivity index (χ0) is 12.8. The predicted octanol–water partition coefficient (Wildman–Crippen LogP) is 2.28. The first-order chi connectivity index (χ1) is 8.08. The molecule has 1 rings (SSSR count). The molecule has 0 bridgehead atoms. The molecule has 3 N–H and O–H groups in total. The van der Waals surface area contributed by atoms with E-state index in [2.05, 4.69) is 5.32 Å². The molecule has 17 heavy (non-hydrogen) atoms. The lowest BCUT2D eigenvalue weighted by Crippen LogP contribution is -2.35. The van der Waals surface area contributed by atoms with Crippen molar-refractivity contribution in [3.63, 3.8) is 0 Å². The van der Waals surface area contributed by atoms with Crippen LogP contribution in [0.3, 0.4) is 0 Å². The highest BCUT2D eigenvalue weighted by molar-refractivity contribution is 6.33. The van der Waals surface area contributed by atoms with E-state index >= 15 is 0 Å². The Kier molecular flexibility index (Phi) is 4.95. The Balaban J connectivity index is 2.81. The highest BCUT2D eigenvalue weighted by Gasteiger charge is 2.13. The van der Waals surface area contributed by atoms with Crippen molar-refractivity contribution in [1.82, 2.24) is 0 Å². The Morgan fingerprint density at radius 2 is 2.35 bits per heavy atom. The molecule has 5 heteroatoms. The average Bonchev–Trinajstić information content (AvgIpc) is 2.32. The Bertz CT molecular complexity index is 454. The van der Waals surface area contributed by atoms with Crippen molar-refractivity contribution in [2.24, 2.45) is 5.73 Å². The van der Waals surface area contributed by atoms with Crippen LogP contribution in [-0.4, -0.2) is 11.9 Å². The monoisotopic (exact) mass is 251 g/mol. The van der Waals surface area contributed by atoms with Crippen molar-refractivity contribution < 1.29 is 4.79 Å². The summed E-state index contributed by atoms with van der Waals surface area (Å²) in [7, 11) is 0. The second kappa shape index (κ2) is 6.24. The number of rotatable bonds is 4. The molecule has 0 aliphatic carbocycles. The molecule has 0 aliphatic rings. The lowest BCUT2D eigenvalue weighted by atomic mass is 10.1. The van der Waals surface area contributed by atoms with Crippen LogP contribution in [0.5, 0.6) is 0 Å². The largest absolute Gasteiger partial charge is 0.323 e. The van der Waals surface area contributed by atoms with Crippen LogP contribution in [0.25, 0.3) is 0 Å². The van der Waals surface area contributed by atoms with Crippen LogP contribution in [-0.2, 0) is 4.79 Å². The predicted molar refractivity (Wildman–Crippen MR) is 67.7 cm³/mol. The van der Waals surface area contributed by atoms with Gasteiger partial charge in [-0.2, -0.15) is 5.26 Å². The van der Waals surface area contributed by atoms with E-state index in [9.17, 15) is 4.79 Å². The number of nitriles is 1. The van der Waals surface area contributed by atoms with Gasteiger partial charge in [0.25, 0.3) is 0 Å². The van der Waals surface area contributed by atoms with Crippen LogP contribution < -0.4 is 11.1 Å². The Hall–Kier alpha value is -1.57. The molecule has 0 fully saturated rings. The van der Waals surface area contributed by atoms with Gasteiger partial charge in [-0.15, -0.1) is 0 Å². The maximum Gasteiger partial charge on any atom is 0.241 e. The van der Waals surface area contributed by atoms with Gasteiger partial charge in [-0.3, -0.25) is 4.79 Å². The van der Waals surface area contributed by atoms with Crippen molar-refractivity contribution in [2.75, 3.05) is 5.32 Å². The minimum atomic E-state index is -0.554. The molecule has 0 saturated carbocycles. The average molecular weight is 252 g/mol. The normalized spacial score (nSPS) is 11.6. The molecule has 0 unspecified atom stereocenters. The number of benzene rings is 1. The van der Waals surface area contributed by atoms with E-state index in [1.54, 1.807) is 12.1 Å². The molecule has 0 heterocycles.